The first-order valence-electron chi connectivity index (χ1n) is 7.76. The number of nitrogens with zero attached hydrogens (tertiary/aromatic N) is 1. The van der Waals surface area contributed by atoms with Gasteiger partial charge >= 0.3 is 5.97 Å². The smallest absolute Gasteiger partial charge is 0.311 e. The number of nitriles is 1. The van der Waals surface area contributed by atoms with E-state index >= 15 is 0 Å². The Morgan fingerprint density at radius 1 is 1.27 bits per heavy atom. The first-order chi connectivity index (χ1) is 12.4. The van der Waals surface area contributed by atoms with Gasteiger partial charge in [0, 0.05) is 16.3 Å². The second kappa shape index (κ2) is 8.88. The molecule has 2 rings (SSSR count). The van der Waals surface area contributed by atoms with Gasteiger partial charge in [-0.15, -0.1) is 0 Å². The molecule has 0 saturated heterocycles. The number of halogens is 1. The Bertz CT molecular complexity index is 861. The summed E-state index contributed by atoms with van der Waals surface area (Å²) in [7, 11) is 1.49. The summed E-state index contributed by atoms with van der Waals surface area (Å²) in [5, 5.41) is 11.9. The highest BCUT2D eigenvalue weighted by Gasteiger charge is 2.19. The van der Waals surface area contributed by atoms with Crippen LogP contribution in [0.4, 0.5) is 5.69 Å². The molecule has 7 heteroatoms. The van der Waals surface area contributed by atoms with Crippen LogP contribution in [0.1, 0.15) is 18.1 Å². The van der Waals surface area contributed by atoms with E-state index in [0.29, 0.717) is 27.6 Å². The molecule has 2 aromatic carbocycles. The van der Waals surface area contributed by atoms with E-state index in [4.69, 9.17) is 26.3 Å². The minimum atomic E-state index is -1.00. The standard InChI is InChI=1S/C19H17ClN2O4/c1-12(19(24)22-16-5-3-4-13(8-16)11-21)26-18(23)10-14-9-15(20)6-7-17(14)25-2/h3-9,12H,10H2,1-2H3,(H,22,24)/t12-/m0/s1. The van der Waals surface area contributed by atoms with Gasteiger partial charge in [-0.3, -0.25) is 9.59 Å². The normalized spacial score (nSPS) is 11.2. The van der Waals surface area contributed by atoms with Gasteiger partial charge in [-0.05, 0) is 43.3 Å². The van der Waals surface area contributed by atoms with Crippen LogP contribution in [0.3, 0.4) is 0 Å². The first kappa shape index (κ1) is 19.3. The van der Waals surface area contributed by atoms with Crippen LogP contribution < -0.4 is 10.1 Å². The molecule has 2 aromatic rings. The Balaban J connectivity index is 1.97. The molecule has 26 heavy (non-hydrogen) atoms. The van der Waals surface area contributed by atoms with Crippen molar-refractivity contribution in [2.24, 2.45) is 0 Å². The second-order valence-corrected chi connectivity index (χ2v) is 5.88. The van der Waals surface area contributed by atoms with Gasteiger partial charge in [-0.1, -0.05) is 17.7 Å². The molecule has 0 heterocycles. The fourth-order valence-corrected chi connectivity index (χ4v) is 2.44. The van der Waals surface area contributed by atoms with Gasteiger partial charge in [0.05, 0.1) is 25.2 Å². The number of ether oxygens (including phenoxy) is 2. The molecule has 0 radical (unpaired) electrons. The lowest BCUT2D eigenvalue weighted by molar-refractivity contribution is -0.152. The summed E-state index contributed by atoms with van der Waals surface area (Å²) in [6.45, 7) is 1.47. The summed E-state index contributed by atoms with van der Waals surface area (Å²) in [4.78, 5) is 24.3. The van der Waals surface area contributed by atoms with Crippen molar-refractivity contribution < 1.29 is 19.1 Å². The molecule has 1 amide bonds. The van der Waals surface area contributed by atoms with Crippen molar-refractivity contribution in [1.29, 1.82) is 5.26 Å². The van der Waals surface area contributed by atoms with E-state index in [-0.39, 0.29) is 6.42 Å². The van der Waals surface area contributed by atoms with Crippen LogP contribution in [0.5, 0.6) is 5.75 Å². The highest BCUT2D eigenvalue weighted by Crippen LogP contribution is 2.23. The van der Waals surface area contributed by atoms with Crippen LogP contribution >= 0.6 is 11.6 Å². The molecule has 0 aliphatic heterocycles. The number of anilines is 1. The van der Waals surface area contributed by atoms with Crippen molar-refractivity contribution in [1.82, 2.24) is 0 Å². The van der Waals surface area contributed by atoms with Crippen LogP contribution in [-0.2, 0) is 20.7 Å². The van der Waals surface area contributed by atoms with E-state index < -0.39 is 18.0 Å². The Morgan fingerprint density at radius 2 is 2.04 bits per heavy atom. The number of nitrogens with one attached hydrogen (secondary N) is 1. The van der Waals surface area contributed by atoms with Crippen molar-refractivity contribution in [2.75, 3.05) is 12.4 Å². The van der Waals surface area contributed by atoms with Crippen LogP contribution in [0.15, 0.2) is 42.5 Å². The fourth-order valence-electron chi connectivity index (χ4n) is 2.24. The fraction of sp³-hybridized carbons (Fsp3) is 0.211. The number of hydrogen-bond donors (Lipinski definition) is 1. The van der Waals surface area contributed by atoms with E-state index in [1.807, 2.05) is 6.07 Å². The van der Waals surface area contributed by atoms with Gasteiger partial charge in [0.15, 0.2) is 6.10 Å². The predicted octanol–water partition coefficient (Wildman–Crippen LogP) is 3.33. The molecular formula is C19H17ClN2O4. The molecule has 0 aliphatic carbocycles. The Kier molecular flexibility index (Phi) is 6.59. The van der Waals surface area contributed by atoms with E-state index in [9.17, 15) is 9.59 Å². The van der Waals surface area contributed by atoms with Gasteiger partial charge in [0.2, 0.25) is 0 Å². The molecular weight excluding hydrogens is 356 g/mol. The van der Waals surface area contributed by atoms with Gasteiger partial charge < -0.3 is 14.8 Å². The predicted molar refractivity (Wildman–Crippen MR) is 97.0 cm³/mol. The maximum Gasteiger partial charge on any atom is 0.311 e. The SMILES string of the molecule is COc1ccc(Cl)cc1CC(=O)O[C@@H](C)C(=O)Nc1cccc(C#N)c1. The van der Waals surface area contributed by atoms with Gasteiger partial charge in [-0.2, -0.15) is 5.26 Å². The lowest BCUT2D eigenvalue weighted by atomic mass is 10.1. The number of rotatable bonds is 6. The molecule has 0 unspecified atom stereocenters. The van der Waals surface area contributed by atoms with Crippen molar-refractivity contribution in [3.8, 4) is 11.8 Å². The zero-order valence-corrected chi connectivity index (χ0v) is 15.0. The average Bonchev–Trinajstić information content (AvgIpc) is 2.61. The summed E-state index contributed by atoms with van der Waals surface area (Å²) in [5.41, 5.74) is 1.44. The van der Waals surface area contributed by atoms with Crippen molar-refractivity contribution in [2.45, 2.75) is 19.4 Å². The van der Waals surface area contributed by atoms with Crippen LogP contribution in [0, 0.1) is 11.3 Å². The Morgan fingerprint density at radius 3 is 2.73 bits per heavy atom. The molecule has 0 saturated carbocycles. The topological polar surface area (TPSA) is 88.4 Å². The molecule has 0 fully saturated rings. The van der Waals surface area contributed by atoms with E-state index in [1.165, 1.54) is 20.1 Å². The van der Waals surface area contributed by atoms with Crippen molar-refractivity contribution >= 4 is 29.2 Å². The molecule has 0 spiro atoms. The maximum atomic E-state index is 12.2. The van der Waals surface area contributed by atoms with Crippen LogP contribution in [0.2, 0.25) is 5.02 Å². The van der Waals surface area contributed by atoms with Crippen LogP contribution in [-0.4, -0.2) is 25.1 Å². The van der Waals surface area contributed by atoms with E-state index in [1.54, 1.807) is 36.4 Å². The minimum absolute atomic E-state index is 0.0781. The number of carbonyl (C=O) groups excluding carboxylic acids is 2. The van der Waals surface area contributed by atoms with Crippen LogP contribution in [0.25, 0.3) is 0 Å². The molecule has 0 aromatic heterocycles. The zero-order chi connectivity index (χ0) is 19.1. The van der Waals surface area contributed by atoms with E-state index in [2.05, 4.69) is 5.32 Å². The third kappa shape index (κ3) is 5.23. The molecule has 134 valence electrons. The summed E-state index contributed by atoms with van der Waals surface area (Å²) in [5.74, 6) is -0.567. The van der Waals surface area contributed by atoms with Crippen molar-refractivity contribution in [3.05, 3.63) is 58.6 Å². The number of amides is 1. The number of hydrogen-bond acceptors (Lipinski definition) is 5. The Labute approximate surface area is 156 Å². The van der Waals surface area contributed by atoms with Gasteiger partial charge in [-0.25, -0.2) is 0 Å². The average molecular weight is 373 g/mol. The third-order valence-corrected chi connectivity index (χ3v) is 3.75. The minimum Gasteiger partial charge on any atom is -0.496 e. The van der Waals surface area contributed by atoms with E-state index in [0.717, 1.165) is 0 Å². The van der Waals surface area contributed by atoms with Crippen molar-refractivity contribution in [3.63, 3.8) is 0 Å². The largest absolute Gasteiger partial charge is 0.496 e. The monoisotopic (exact) mass is 372 g/mol. The van der Waals surface area contributed by atoms with Gasteiger partial charge in [0.25, 0.3) is 5.91 Å². The highest BCUT2D eigenvalue weighted by atomic mass is 35.5. The highest BCUT2D eigenvalue weighted by molar-refractivity contribution is 6.30. The molecule has 1 N–H and O–H groups in total. The summed E-state index contributed by atoms with van der Waals surface area (Å²) in [6, 6.07) is 13.4. The third-order valence-electron chi connectivity index (χ3n) is 3.51. The number of methoxy groups -OCH3 is 1. The molecule has 0 bridgehead atoms. The Hall–Kier alpha value is -3.04. The number of carbonyl (C=O) groups is 2. The zero-order valence-electron chi connectivity index (χ0n) is 14.3. The lowest BCUT2D eigenvalue weighted by Crippen LogP contribution is -2.30. The number of benzene rings is 2. The second-order valence-electron chi connectivity index (χ2n) is 5.45. The lowest BCUT2D eigenvalue weighted by Gasteiger charge is -2.14. The number of esters is 1. The first-order valence-corrected chi connectivity index (χ1v) is 8.13. The summed E-state index contributed by atoms with van der Waals surface area (Å²) in [6.07, 6.45) is -1.08. The van der Waals surface area contributed by atoms with Gasteiger partial charge in [0.1, 0.15) is 5.75 Å². The molecule has 6 nitrogen and oxygen atoms in total. The molecule has 0 aliphatic rings. The molecule has 1 atom stereocenters. The maximum absolute atomic E-state index is 12.2. The quantitative estimate of drug-likeness (QED) is 0.785. The summed E-state index contributed by atoms with van der Waals surface area (Å²) < 4.78 is 10.4. The summed E-state index contributed by atoms with van der Waals surface area (Å²) >= 11 is 5.93.